The van der Waals surface area contributed by atoms with Crippen LogP contribution in [-0.4, -0.2) is 54.0 Å². The van der Waals surface area contributed by atoms with Gasteiger partial charge in [-0.15, -0.1) is 0 Å². The van der Waals surface area contributed by atoms with E-state index in [2.05, 4.69) is 37.3 Å². The smallest absolute Gasteiger partial charge is 0.259 e. The molecule has 2 aliphatic rings. The molecule has 2 fully saturated rings. The molecule has 2 aliphatic heterocycles. The molecule has 0 aliphatic carbocycles. The average Bonchev–Trinajstić information content (AvgIpc) is 2.98. The third kappa shape index (κ3) is 4.12. The summed E-state index contributed by atoms with van der Waals surface area (Å²) in [7, 11) is -0.843. The third-order valence-electron chi connectivity index (χ3n) is 3.98. The number of hydrogen-bond acceptors (Lipinski definition) is 4. The van der Waals surface area contributed by atoms with E-state index in [-0.39, 0.29) is 5.54 Å². The standard InChI is InChI=1S/C14H29N2O2P/c1-5-13(15-8-6-7-9-15)12-18-19-16(10-11-17-19)14(2,3)4/h13H,5-12H2,1-4H3/t13-,19?/m1/s1. The molecule has 0 amide bonds. The van der Waals surface area contributed by atoms with Gasteiger partial charge < -0.3 is 9.05 Å². The largest absolute Gasteiger partial charge is 0.321 e. The topological polar surface area (TPSA) is 24.9 Å². The van der Waals surface area contributed by atoms with Crippen LogP contribution < -0.4 is 0 Å². The fraction of sp³-hybridized carbons (Fsp3) is 1.00. The van der Waals surface area contributed by atoms with E-state index in [0.29, 0.717) is 6.04 Å². The average molecular weight is 288 g/mol. The molecule has 2 saturated heterocycles. The van der Waals surface area contributed by atoms with Gasteiger partial charge >= 0.3 is 0 Å². The van der Waals surface area contributed by atoms with Crippen LogP contribution in [0.5, 0.6) is 0 Å². The van der Waals surface area contributed by atoms with E-state index < -0.39 is 8.53 Å². The van der Waals surface area contributed by atoms with Crippen LogP contribution in [0.25, 0.3) is 0 Å². The van der Waals surface area contributed by atoms with Gasteiger partial charge in [-0.05, 0) is 53.1 Å². The fourth-order valence-electron chi connectivity index (χ4n) is 2.78. The second-order valence-electron chi connectivity index (χ2n) is 6.47. The summed E-state index contributed by atoms with van der Waals surface area (Å²) in [5.41, 5.74) is 0.136. The molecule has 0 aromatic heterocycles. The van der Waals surface area contributed by atoms with Crippen molar-refractivity contribution >= 4 is 8.53 Å². The van der Waals surface area contributed by atoms with Gasteiger partial charge in [0, 0.05) is 18.1 Å². The summed E-state index contributed by atoms with van der Waals surface area (Å²) in [5.74, 6) is 0. The molecule has 0 spiro atoms. The van der Waals surface area contributed by atoms with Crippen molar-refractivity contribution in [3.63, 3.8) is 0 Å². The summed E-state index contributed by atoms with van der Waals surface area (Å²) in [4.78, 5) is 2.58. The van der Waals surface area contributed by atoms with Crippen molar-refractivity contribution in [3.8, 4) is 0 Å². The molecule has 1 unspecified atom stereocenters. The van der Waals surface area contributed by atoms with Crippen LogP contribution in [-0.2, 0) is 9.05 Å². The number of rotatable bonds is 5. The molecule has 2 atom stereocenters. The zero-order chi connectivity index (χ0) is 13.9. The Kier molecular flexibility index (Phi) is 5.62. The molecular weight excluding hydrogens is 259 g/mol. The zero-order valence-corrected chi connectivity index (χ0v) is 13.8. The Labute approximate surface area is 119 Å². The van der Waals surface area contributed by atoms with Gasteiger partial charge in [0.25, 0.3) is 8.53 Å². The van der Waals surface area contributed by atoms with Crippen LogP contribution in [0.4, 0.5) is 0 Å². The highest BCUT2D eigenvalue weighted by atomic mass is 31.2. The van der Waals surface area contributed by atoms with E-state index in [0.717, 1.165) is 19.8 Å². The first-order valence-corrected chi connectivity index (χ1v) is 8.73. The van der Waals surface area contributed by atoms with Gasteiger partial charge in [0.05, 0.1) is 13.2 Å². The third-order valence-corrected chi connectivity index (χ3v) is 5.95. The summed E-state index contributed by atoms with van der Waals surface area (Å²) in [6, 6.07) is 0.566. The van der Waals surface area contributed by atoms with Gasteiger partial charge in [-0.25, -0.2) is 4.67 Å². The summed E-state index contributed by atoms with van der Waals surface area (Å²) >= 11 is 0. The Bertz CT molecular complexity index is 277. The molecule has 19 heavy (non-hydrogen) atoms. The Morgan fingerprint density at radius 3 is 2.47 bits per heavy atom. The van der Waals surface area contributed by atoms with E-state index in [1.54, 1.807) is 0 Å². The number of hydrogen-bond donors (Lipinski definition) is 0. The van der Waals surface area contributed by atoms with Crippen molar-refractivity contribution in [1.82, 2.24) is 9.57 Å². The molecule has 2 rings (SSSR count). The van der Waals surface area contributed by atoms with Crippen molar-refractivity contribution < 1.29 is 9.05 Å². The highest BCUT2D eigenvalue weighted by Gasteiger charge is 2.36. The predicted molar refractivity (Wildman–Crippen MR) is 80.2 cm³/mol. The van der Waals surface area contributed by atoms with Crippen LogP contribution in [0, 0.1) is 0 Å². The maximum absolute atomic E-state index is 6.13. The summed E-state index contributed by atoms with van der Waals surface area (Å²) < 4.78 is 14.3. The van der Waals surface area contributed by atoms with Crippen LogP contribution in [0.3, 0.4) is 0 Å². The van der Waals surface area contributed by atoms with Crippen molar-refractivity contribution in [1.29, 1.82) is 0 Å². The SMILES string of the molecule is CC[C@H](COP1OCCN1C(C)(C)C)N1CCCC1. The molecule has 0 bridgehead atoms. The Balaban J connectivity index is 1.83. The lowest BCUT2D eigenvalue weighted by Gasteiger charge is -2.35. The molecule has 0 N–H and O–H groups in total. The van der Waals surface area contributed by atoms with Crippen molar-refractivity contribution in [2.24, 2.45) is 0 Å². The van der Waals surface area contributed by atoms with Gasteiger partial charge in [-0.3, -0.25) is 4.90 Å². The lowest BCUT2D eigenvalue weighted by Crippen LogP contribution is -2.38. The second kappa shape index (κ2) is 6.82. The second-order valence-corrected chi connectivity index (χ2v) is 7.94. The van der Waals surface area contributed by atoms with Crippen molar-refractivity contribution in [2.75, 3.05) is 32.8 Å². The van der Waals surface area contributed by atoms with Gasteiger partial charge in [-0.1, -0.05) is 6.92 Å². The minimum atomic E-state index is -0.843. The normalized spacial score (nSPS) is 28.1. The van der Waals surface area contributed by atoms with Crippen LogP contribution in [0.15, 0.2) is 0 Å². The Morgan fingerprint density at radius 2 is 1.89 bits per heavy atom. The highest BCUT2D eigenvalue weighted by Crippen LogP contribution is 2.50. The minimum absolute atomic E-state index is 0.136. The van der Waals surface area contributed by atoms with Gasteiger partial charge in [0.1, 0.15) is 0 Å². The quantitative estimate of drug-likeness (QED) is 0.725. The molecule has 0 radical (unpaired) electrons. The highest BCUT2D eigenvalue weighted by molar-refractivity contribution is 7.44. The predicted octanol–water partition coefficient (Wildman–Crippen LogP) is 3.24. The molecule has 2 heterocycles. The maximum Gasteiger partial charge on any atom is 0.259 e. The molecule has 112 valence electrons. The molecule has 4 nitrogen and oxygen atoms in total. The number of nitrogens with zero attached hydrogens (tertiary/aromatic N) is 2. The first kappa shape index (κ1) is 15.7. The Morgan fingerprint density at radius 1 is 1.21 bits per heavy atom. The summed E-state index contributed by atoms with van der Waals surface area (Å²) in [6.45, 7) is 14.1. The van der Waals surface area contributed by atoms with Crippen molar-refractivity contribution in [2.45, 2.75) is 58.5 Å². The van der Waals surface area contributed by atoms with Crippen LogP contribution >= 0.6 is 8.53 Å². The molecule has 0 aromatic rings. The zero-order valence-electron chi connectivity index (χ0n) is 12.9. The van der Waals surface area contributed by atoms with E-state index in [4.69, 9.17) is 9.05 Å². The fourth-order valence-corrected chi connectivity index (χ4v) is 4.41. The van der Waals surface area contributed by atoms with Crippen molar-refractivity contribution in [3.05, 3.63) is 0 Å². The van der Waals surface area contributed by atoms with Crippen LogP contribution in [0.2, 0.25) is 0 Å². The van der Waals surface area contributed by atoms with E-state index in [9.17, 15) is 0 Å². The van der Waals surface area contributed by atoms with E-state index >= 15 is 0 Å². The minimum Gasteiger partial charge on any atom is -0.321 e. The van der Waals surface area contributed by atoms with Gasteiger partial charge in [0.2, 0.25) is 0 Å². The monoisotopic (exact) mass is 288 g/mol. The molecule has 0 aromatic carbocycles. The van der Waals surface area contributed by atoms with Gasteiger partial charge in [0.15, 0.2) is 0 Å². The lowest BCUT2D eigenvalue weighted by atomic mass is 10.1. The van der Waals surface area contributed by atoms with Gasteiger partial charge in [-0.2, -0.15) is 0 Å². The summed E-state index contributed by atoms with van der Waals surface area (Å²) in [6.07, 6.45) is 3.85. The molecule has 5 heteroatoms. The van der Waals surface area contributed by atoms with E-state index in [1.807, 2.05) is 0 Å². The van der Waals surface area contributed by atoms with E-state index in [1.165, 1.54) is 32.4 Å². The first-order chi connectivity index (χ1) is 9.02. The lowest BCUT2D eigenvalue weighted by molar-refractivity contribution is 0.142. The molecule has 0 saturated carbocycles. The first-order valence-electron chi connectivity index (χ1n) is 7.60. The summed E-state index contributed by atoms with van der Waals surface area (Å²) in [5, 5.41) is 0. The molecular formula is C14H29N2O2P. The van der Waals surface area contributed by atoms with Crippen LogP contribution in [0.1, 0.15) is 47.0 Å². The Hall–Kier alpha value is 0.270. The number of likely N-dealkylation sites (tertiary alicyclic amines) is 1. The maximum atomic E-state index is 6.13.